The zero-order chi connectivity index (χ0) is 13.0. The highest BCUT2D eigenvalue weighted by molar-refractivity contribution is 7.80. The van der Waals surface area contributed by atoms with Crippen LogP contribution in [-0.2, 0) is 0 Å². The first-order valence-electron chi connectivity index (χ1n) is 5.22. The highest BCUT2D eigenvalue weighted by Crippen LogP contribution is 2.17. The lowest BCUT2D eigenvalue weighted by atomic mass is 10.3. The number of hydrogen-bond donors (Lipinski definition) is 2. The molecule has 0 bridgehead atoms. The summed E-state index contributed by atoms with van der Waals surface area (Å²) in [5, 5.41) is 3.18. The standard InChI is InChI=1S/C12H12N4OS/c1-17-11-3-2-9(7-15-11)16-8-4-5-14-10(6-8)12(13)18/h2-7H,1H3,(H2,13,18)(H,14,16). The fraction of sp³-hybridized carbons (Fsp3) is 0.0833. The van der Waals surface area contributed by atoms with Crippen molar-refractivity contribution in [1.82, 2.24) is 9.97 Å². The number of rotatable bonds is 4. The lowest BCUT2D eigenvalue weighted by molar-refractivity contribution is 0.398. The Bertz CT molecular complexity index is 556. The van der Waals surface area contributed by atoms with Crippen LogP contribution in [0.25, 0.3) is 0 Å². The zero-order valence-electron chi connectivity index (χ0n) is 9.75. The highest BCUT2D eigenvalue weighted by Gasteiger charge is 2.01. The number of thiocarbonyl (C=S) groups is 1. The highest BCUT2D eigenvalue weighted by atomic mass is 32.1. The number of anilines is 2. The van der Waals surface area contributed by atoms with Crippen LogP contribution in [-0.4, -0.2) is 22.1 Å². The van der Waals surface area contributed by atoms with Crippen molar-refractivity contribution < 1.29 is 4.74 Å². The van der Waals surface area contributed by atoms with Crippen molar-refractivity contribution in [1.29, 1.82) is 0 Å². The van der Waals surface area contributed by atoms with Crippen molar-refractivity contribution in [3.05, 3.63) is 42.4 Å². The van der Waals surface area contributed by atoms with E-state index in [1.54, 1.807) is 31.6 Å². The predicted molar refractivity (Wildman–Crippen MR) is 74.2 cm³/mol. The number of nitrogens with two attached hydrogens (primary N) is 1. The van der Waals surface area contributed by atoms with Gasteiger partial charge in [0, 0.05) is 18.0 Å². The summed E-state index contributed by atoms with van der Waals surface area (Å²) in [5.41, 5.74) is 7.80. The quantitative estimate of drug-likeness (QED) is 0.817. The molecule has 18 heavy (non-hydrogen) atoms. The molecule has 0 atom stereocenters. The fourth-order valence-corrected chi connectivity index (χ4v) is 1.50. The lowest BCUT2D eigenvalue weighted by Crippen LogP contribution is -2.11. The van der Waals surface area contributed by atoms with E-state index in [0.29, 0.717) is 11.6 Å². The topological polar surface area (TPSA) is 73.1 Å². The van der Waals surface area contributed by atoms with Gasteiger partial charge in [-0.05, 0) is 18.2 Å². The molecule has 0 amide bonds. The Morgan fingerprint density at radius 1 is 1.28 bits per heavy atom. The van der Waals surface area contributed by atoms with Crippen LogP contribution in [0.4, 0.5) is 11.4 Å². The number of methoxy groups -OCH3 is 1. The second-order valence-electron chi connectivity index (χ2n) is 3.51. The van der Waals surface area contributed by atoms with E-state index in [4.69, 9.17) is 22.7 Å². The van der Waals surface area contributed by atoms with Crippen LogP contribution in [0, 0.1) is 0 Å². The van der Waals surface area contributed by atoms with Gasteiger partial charge in [0.1, 0.15) is 4.99 Å². The molecule has 0 aliphatic heterocycles. The molecule has 0 spiro atoms. The Balaban J connectivity index is 2.17. The molecule has 5 nitrogen and oxygen atoms in total. The zero-order valence-corrected chi connectivity index (χ0v) is 10.6. The Kier molecular flexibility index (Phi) is 3.69. The molecule has 2 heterocycles. The summed E-state index contributed by atoms with van der Waals surface area (Å²) in [6.07, 6.45) is 3.33. The minimum atomic E-state index is 0.270. The van der Waals surface area contributed by atoms with Gasteiger partial charge in [-0.3, -0.25) is 4.98 Å². The van der Waals surface area contributed by atoms with Crippen LogP contribution in [0.5, 0.6) is 5.88 Å². The maximum Gasteiger partial charge on any atom is 0.213 e. The monoisotopic (exact) mass is 260 g/mol. The maximum absolute atomic E-state index is 5.53. The molecule has 0 saturated carbocycles. The summed E-state index contributed by atoms with van der Waals surface area (Å²) in [5.74, 6) is 0.569. The summed E-state index contributed by atoms with van der Waals surface area (Å²) in [6.45, 7) is 0. The molecule has 0 aliphatic rings. The smallest absolute Gasteiger partial charge is 0.213 e. The normalized spacial score (nSPS) is 9.83. The molecule has 0 aromatic carbocycles. The number of pyridine rings is 2. The van der Waals surface area contributed by atoms with Gasteiger partial charge in [-0.2, -0.15) is 0 Å². The second kappa shape index (κ2) is 5.42. The van der Waals surface area contributed by atoms with Crippen LogP contribution in [0.1, 0.15) is 5.69 Å². The van der Waals surface area contributed by atoms with E-state index in [1.165, 1.54) is 0 Å². The minimum Gasteiger partial charge on any atom is -0.481 e. The number of hydrogen-bond acceptors (Lipinski definition) is 5. The van der Waals surface area contributed by atoms with Gasteiger partial charge in [-0.25, -0.2) is 4.98 Å². The third kappa shape index (κ3) is 2.92. The van der Waals surface area contributed by atoms with Crippen LogP contribution in [0.2, 0.25) is 0 Å². The molecule has 0 saturated heterocycles. The second-order valence-corrected chi connectivity index (χ2v) is 3.95. The Morgan fingerprint density at radius 2 is 2.11 bits per heavy atom. The van der Waals surface area contributed by atoms with Crippen LogP contribution >= 0.6 is 12.2 Å². The lowest BCUT2D eigenvalue weighted by Gasteiger charge is -2.07. The molecule has 0 radical (unpaired) electrons. The first-order valence-corrected chi connectivity index (χ1v) is 5.63. The molecule has 2 aromatic rings. The molecule has 0 unspecified atom stereocenters. The molecule has 2 rings (SSSR count). The third-order valence-corrected chi connectivity index (χ3v) is 2.46. The van der Waals surface area contributed by atoms with Gasteiger partial charge in [0.2, 0.25) is 5.88 Å². The summed E-state index contributed by atoms with van der Waals surface area (Å²) in [6, 6.07) is 7.25. The summed E-state index contributed by atoms with van der Waals surface area (Å²) < 4.78 is 4.99. The number of ether oxygens (including phenoxy) is 1. The number of nitrogens with zero attached hydrogens (tertiary/aromatic N) is 2. The van der Waals surface area contributed by atoms with Gasteiger partial charge in [-0.15, -0.1) is 0 Å². The molecule has 3 N–H and O–H groups in total. The molecular weight excluding hydrogens is 248 g/mol. The van der Waals surface area contributed by atoms with Crippen molar-refractivity contribution in [2.45, 2.75) is 0 Å². The van der Waals surface area contributed by atoms with E-state index in [1.807, 2.05) is 12.1 Å². The van der Waals surface area contributed by atoms with Crippen LogP contribution in [0.3, 0.4) is 0 Å². The minimum absolute atomic E-state index is 0.270. The average Bonchev–Trinajstić information content (AvgIpc) is 2.40. The maximum atomic E-state index is 5.53. The first-order chi connectivity index (χ1) is 8.69. The molecule has 0 fully saturated rings. The SMILES string of the molecule is COc1ccc(Nc2ccnc(C(N)=S)c2)cn1. The Labute approximate surface area is 110 Å². The van der Waals surface area contributed by atoms with Crippen LogP contribution in [0.15, 0.2) is 36.7 Å². The average molecular weight is 260 g/mol. The largest absolute Gasteiger partial charge is 0.481 e. The molecule has 6 heteroatoms. The number of nitrogens with one attached hydrogen (secondary N) is 1. The summed E-state index contributed by atoms with van der Waals surface area (Å²) >= 11 is 4.88. The van der Waals surface area contributed by atoms with E-state index in [-0.39, 0.29) is 4.99 Å². The van der Waals surface area contributed by atoms with Gasteiger partial charge in [-0.1, -0.05) is 12.2 Å². The van der Waals surface area contributed by atoms with Gasteiger partial charge >= 0.3 is 0 Å². The van der Waals surface area contributed by atoms with Crippen molar-refractivity contribution in [2.24, 2.45) is 5.73 Å². The van der Waals surface area contributed by atoms with E-state index < -0.39 is 0 Å². The van der Waals surface area contributed by atoms with Gasteiger partial charge in [0.25, 0.3) is 0 Å². The van der Waals surface area contributed by atoms with Crippen molar-refractivity contribution in [3.63, 3.8) is 0 Å². The summed E-state index contributed by atoms with van der Waals surface area (Å²) in [4.78, 5) is 8.44. The van der Waals surface area contributed by atoms with E-state index >= 15 is 0 Å². The third-order valence-electron chi connectivity index (χ3n) is 2.25. The van der Waals surface area contributed by atoms with Crippen molar-refractivity contribution >= 4 is 28.6 Å². The van der Waals surface area contributed by atoms with E-state index in [0.717, 1.165) is 11.4 Å². The Hall–Kier alpha value is -2.21. The molecular formula is C12H12N4OS. The fourth-order valence-electron chi connectivity index (χ4n) is 1.38. The van der Waals surface area contributed by atoms with E-state index in [9.17, 15) is 0 Å². The summed E-state index contributed by atoms with van der Waals surface area (Å²) in [7, 11) is 1.58. The van der Waals surface area contributed by atoms with Crippen LogP contribution < -0.4 is 15.8 Å². The Morgan fingerprint density at radius 3 is 2.72 bits per heavy atom. The van der Waals surface area contributed by atoms with E-state index in [2.05, 4.69) is 15.3 Å². The van der Waals surface area contributed by atoms with Crippen molar-refractivity contribution in [2.75, 3.05) is 12.4 Å². The molecule has 2 aromatic heterocycles. The van der Waals surface area contributed by atoms with Crippen molar-refractivity contribution in [3.8, 4) is 5.88 Å². The van der Waals surface area contributed by atoms with Gasteiger partial charge in [0.05, 0.1) is 24.7 Å². The van der Waals surface area contributed by atoms with Gasteiger partial charge < -0.3 is 15.8 Å². The predicted octanol–water partition coefficient (Wildman–Crippen LogP) is 1.86. The molecule has 92 valence electrons. The first kappa shape index (κ1) is 12.3. The molecule has 0 aliphatic carbocycles. The van der Waals surface area contributed by atoms with Gasteiger partial charge in [0.15, 0.2) is 0 Å². The number of aromatic nitrogens is 2.